The molecule has 0 aliphatic rings. The van der Waals surface area contributed by atoms with E-state index in [1.165, 1.54) is 44.9 Å². The zero-order chi connectivity index (χ0) is 11.0. The average molecular weight is 198 g/mol. The molecule has 0 aromatic rings. The van der Waals surface area contributed by atoms with E-state index in [4.69, 9.17) is 0 Å². The predicted octanol–water partition coefficient (Wildman–Crippen LogP) is 5.42. The second-order valence-electron chi connectivity index (χ2n) is 5.91. The first-order valence-electron chi connectivity index (χ1n) is 6.48. The fraction of sp³-hybridized carbons (Fsp3) is 1.00. The van der Waals surface area contributed by atoms with E-state index in [0.717, 1.165) is 5.92 Å². The highest BCUT2D eigenvalue weighted by Gasteiger charge is 2.16. The molecule has 0 radical (unpaired) electrons. The van der Waals surface area contributed by atoms with Crippen molar-refractivity contribution in [3.63, 3.8) is 0 Å². The molecule has 0 aromatic heterocycles. The van der Waals surface area contributed by atoms with E-state index >= 15 is 0 Å². The van der Waals surface area contributed by atoms with Gasteiger partial charge in [0.25, 0.3) is 0 Å². The molecule has 0 aliphatic carbocycles. The average Bonchev–Trinajstić information content (AvgIpc) is 2.03. The lowest BCUT2D eigenvalue weighted by Crippen LogP contribution is -2.11. The van der Waals surface area contributed by atoms with Crippen LogP contribution in [0.1, 0.15) is 79.6 Å². The first kappa shape index (κ1) is 14.0. The van der Waals surface area contributed by atoms with Gasteiger partial charge in [-0.15, -0.1) is 0 Å². The lowest BCUT2D eigenvalue weighted by molar-refractivity contribution is 0.278. The molecule has 0 N–H and O–H groups in total. The van der Waals surface area contributed by atoms with Gasteiger partial charge in [0, 0.05) is 0 Å². The van der Waals surface area contributed by atoms with Gasteiger partial charge in [0.2, 0.25) is 0 Å². The number of hydrogen-bond donors (Lipinski definition) is 0. The van der Waals surface area contributed by atoms with Crippen LogP contribution in [0, 0.1) is 11.3 Å². The predicted molar refractivity (Wildman–Crippen MR) is 66.6 cm³/mol. The second kappa shape index (κ2) is 7.31. The Bertz CT molecular complexity index is 122. The summed E-state index contributed by atoms with van der Waals surface area (Å²) in [5, 5.41) is 0. The van der Waals surface area contributed by atoms with E-state index in [1.807, 2.05) is 0 Å². The molecular weight excluding hydrogens is 168 g/mol. The summed E-state index contributed by atoms with van der Waals surface area (Å²) in [6, 6.07) is 0. The van der Waals surface area contributed by atoms with Gasteiger partial charge in [-0.3, -0.25) is 0 Å². The molecule has 0 heterocycles. The number of unbranched alkanes of at least 4 members (excludes halogenated alkanes) is 2. The summed E-state index contributed by atoms with van der Waals surface area (Å²) in [5.74, 6) is 0.876. The molecule has 0 spiro atoms. The van der Waals surface area contributed by atoms with Crippen LogP contribution in [0.15, 0.2) is 0 Å². The summed E-state index contributed by atoms with van der Waals surface area (Å²) in [6.45, 7) is 11.8. The molecule has 0 saturated carbocycles. The van der Waals surface area contributed by atoms with E-state index in [1.54, 1.807) is 0 Å². The Morgan fingerprint density at radius 1 is 0.929 bits per heavy atom. The Kier molecular flexibility index (Phi) is 7.31. The third-order valence-corrected chi connectivity index (χ3v) is 3.09. The first-order chi connectivity index (χ1) is 6.48. The Morgan fingerprint density at radius 3 is 2.00 bits per heavy atom. The van der Waals surface area contributed by atoms with Gasteiger partial charge in [-0.2, -0.15) is 0 Å². The second-order valence-corrected chi connectivity index (χ2v) is 5.91. The van der Waals surface area contributed by atoms with Crippen molar-refractivity contribution >= 4 is 0 Å². The van der Waals surface area contributed by atoms with E-state index < -0.39 is 0 Å². The minimum Gasteiger partial charge on any atom is -0.0654 e. The summed E-state index contributed by atoms with van der Waals surface area (Å²) in [6.07, 6.45) is 9.82. The fourth-order valence-corrected chi connectivity index (χ4v) is 1.97. The van der Waals surface area contributed by atoms with E-state index in [2.05, 4.69) is 34.6 Å². The summed E-state index contributed by atoms with van der Waals surface area (Å²) in [4.78, 5) is 0. The van der Waals surface area contributed by atoms with Gasteiger partial charge in [-0.25, -0.2) is 0 Å². The van der Waals surface area contributed by atoms with Gasteiger partial charge in [-0.1, -0.05) is 66.7 Å². The highest BCUT2D eigenvalue weighted by Crippen LogP contribution is 2.30. The Balaban J connectivity index is 3.50. The van der Waals surface area contributed by atoms with Crippen molar-refractivity contribution in [2.24, 2.45) is 11.3 Å². The van der Waals surface area contributed by atoms with Crippen molar-refractivity contribution in [3.8, 4) is 0 Å². The van der Waals surface area contributed by atoms with Gasteiger partial charge < -0.3 is 0 Å². The number of rotatable bonds is 8. The maximum atomic E-state index is 2.43. The lowest BCUT2D eigenvalue weighted by atomic mass is 9.81. The SMILES string of the molecule is CCCCCC(C)(C)CCCC(C)C. The van der Waals surface area contributed by atoms with Crippen molar-refractivity contribution < 1.29 is 0 Å². The Hall–Kier alpha value is 0. The minimum absolute atomic E-state index is 0.587. The van der Waals surface area contributed by atoms with Gasteiger partial charge >= 0.3 is 0 Å². The lowest BCUT2D eigenvalue weighted by Gasteiger charge is -2.24. The highest BCUT2D eigenvalue weighted by molar-refractivity contribution is 4.68. The summed E-state index contributed by atoms with van der Waals surface area (Å²) >= 11 is 0. The molecule has 0 aliphatic heterocycles. The van der Waals surface area contributed by atoms with Crippen LogP contribution in [-0.4, -0.2) is 0 Å². The molecule has 0 bridgehead atoms. The molecule has 0 heteroatoms. The zero-order valence-corrected chi connectivity index (χ0v) is 11.0. The van der Waals surface area contributed by atoms with E-state index in [0.29, 0.717) is 5.41 Å². The maximum absolute atomic E-state index is 2.43. The highest BCUT2D eigenvalue weighted by atomic mass is 14.2. The van der Waals surface area contributed by atoms with Crippen molar-refractivity contribution in [2.75, 3.05) is 0 Å². The maximum Gasteiger partial charge on any atom is -0.0354 e. The smallest absolute Gasteiger partial charge is 0.0354 e. The number of hydrogen-bond acceptors (Lipinski definition) is 0. The van der Waals surface area contributed by atoms with Crippen LogP contribution in [0.4, 0.5) is 0 Å². The summed E-state index contributed by atoms with van der Waals surface area (Å²) in [7, 11) is 0. The standard InChI is InChI=1S/C14H30/c1-6-7-8-11-14(4,5)12-9-10-13(2)3/h13H,6-12H2,1-5H3. The molecular formula is C14H30. The van der Waals surface area contributed by atoms with E-state index in [9.17, 15) is 0 Å². The van der Waals surface area contributed by atoms with Crippen molar-refractivity contribution in [2.45, 2.75) is 79.6 Å². The van der Waals surface area contributed by atoms with Gasteiger partial charge in [-0.05, 0) is 24.2 Å². The van der Waals surface area contributed by atoms with E-state index in [-0.39, 0.29) is 0 Å². The summed E-state index contributed by atoms with van der Waals surface area (Å²) < 4.78 is 0. The van der Waals surface area contributed by atoms with Crippen molar-refractivity contribution in [1.82, 2.24) is 0 Å². The van der Waals surface area contributed by atoms with Crippen LogP contribution in [0.25, 0.3) is 0 Å². The molecule has 0 nitrogen and oxygen atoms in total. The summed E-state index contributed by atoms with van der Waals surface area (Å²) in [5.41, 5.74) is 0.587. The monoisotopic (exact) mass is 198 g/mol. The van der Waals surface area contributed by atoms with Crippen LogP contribution in [0.3, 0.4) is 0 Å². The molecule has 0 unspecified atom stereocenters. The largest absolute Gasteiger partial charge is 0.0654 e. The molecule has 0 rings (SSSR count). The molecule has 0 saturated heterocycles. The zero-order valence-electron chi connectivity index (χ0n) is 11.0. The third-order valence-electron chi connectivity index (χ3n) is 3.09. The quantitative estimate of drug-likeness (QED) is 0.457. The minimum atomic E-state index is 0.587. The van der Waals surface area contributed by atoms with Crippen LogP contribution >= 0.6 is 0 Å². The van der Waals surface area contributed by atoms with Gasteiger partial charge in [0.15, 0.2) is 0 Å². The molecule has 14 heavy (non-hydrogen) atoms. The molecule has 0 aromatic carbocycles. The normalized spacial score (nSPS) is 12.4. The molecule has 0 atom stereocenters. The van der Waals surface area contributed by atoms with Crippen LogP contribution in [0.5, 0.6) is 0 Å². The van der Waals surface area contributed by atoms with Gasteiger partial charge in [0.05, 0.1) is 0 Å². The molecule has 0 fully saturated rings. The van der Waals surface area contributed by atoms with Gasteiger partial charge in [0.1, 0.15) is 0 Å². The fourth-order valence-electron chi connectivity index (χ4n) is 1.97. The topological polar surface area (TPSA) is 0 Å². The van der Waals surface area contributed by atoms with Crippen molar-refractivity contribution in [1.29, 1.82) is 0 Å². The van der Waals surface area contributed by atoms with Crippen LogP contribution < -0.4 is 0 Å². The first-order valence-corrected chi connectivity index (χ1v) is 6.48. The van der Waals surface area contributed by atoms with Crippen LogP contribution in [-0.2, 0) is 0 Å². The Labute approximate surface area is 91.5 Å². The van der Waals surface area contributed by atoms with Crippen molar-refractivity contribution in [3.05, 3.63) is 0 Å². The molecule has 86 valence electrons. The Morgan fingerprint density at radius 2 is 1.50 bits per heavy atom. The molecule has 0 amide bonds. The third kappa shape index (κ3) is 8.59. The van der Waals surface area contributed by atoms with Crippen LogP contribution in [0.2, 0.25) is 0 Å².